The summed E-state index contributed by atoms with van der Waals surface area (Å²) in [6, 6.07) is 4.83. The van der Waals surface area contributed by atoms with Crippen LogP contribution in [0.1, 0.15) is 33.1 Å². The third-order valence-corrected chi connectivity index (χ3v) is 5.19. The first kappa shape index (κ1) is 19.9. The first-order chi connectivity index (χ1) is 11.9. The highest BCUT2D eigenvalue weighted by atomic mass is 35.5. The lowest BCUT2D eigenvalue weighted by Gasteiger charge is -2.34. The van der Waals surface area contributed by atoms with Gasteiger partial charge in [0.05, 0.1) is 5.02 Å². The summed E-state index contributed by atoms with van der Waals surface area (Å²) in [5.41, 5.74) is 0. The quantitative estimate of drug-likeness (QED) is 0.752. The van der Waals surface area contributed by atoms with E-state index in [0.29, 0.717) is 27.6 Å². The second-order valence-corrected chi connectivity index (χ2v) is 7.31. The van der Waals surface area contributed by atoms with Crippen molar-refractivity contribution < 1.29 is 19.1 Å². The van der Waals surface area contributed by atoms with Gasteiger partial charge in [-0.25, -0.2) is 4.79 Å². The van der Waals surface area contributed by atoms with E-state index in [1.54, 1.807) is 12.1 Å². The van der Waals surface area contributed by atoms with Gasteiger partial charge < -0.3 is 14.8 Å². The van der Waals surface area contributed by atoms with Crippen molar-refractivity contribution in [2.45, 2.75) is 39.2 Å². The van der Waals surface area contributed by atoms with Crippen LogP contribution in [0.25, 0.3) is 0 Å². The Balaban J connectivity index is 1.71. The van der Waals surface area contributed by atoms with Crippen molar-refractivity contribution >= 4 is 35.1 Å². The average molecular weight is 388 g/mol. The van der Waals surface area contributed by atoms with Crippen molar-refractivity contribution in [1.29, 1.82) is 0 Å². The smallest absolute Gasteiger partial charge is 0.344 e. The predicted octanol–water partition coefficient (Wildman–Crippen LogP) is 3.86. The number of hydrogen-bond acceptors (Lipinski definition) is 4. The Hall–Kier alpha value is -1.46. The molecule has 0 aliphatic heterocycles. The van der Waals surface area contributed by atoms with Crippen molar-refractivity contribution in [3.05, 3.63) is 28.2 Å². The lowest BCUT2D eigenvalue weighted by molar-refractivity contribution is -0.150. The summed E-state index contributed by atoms with van der Waals surface area (Å²) in [4.78, 5) is 23.7. The van der Waals surface area contributed by atoms with Crippen LogP contribution in [0.15, 0.2) is 18.2 Å². The lowest BCUT2D eigenvalue weighted by Crippen LogP contribution is -2.45. The van der Waals surface area contributed by atoms with Crippen LogP contribution in [-0.2, 0) is 14.3 Å². The van der Waals surface area contributed by atoms with Crippen LogP contribution in [-0.4, -0.2) is 31.1 Å². The first-order valence-corrected chi connectivity index (χ1v) is 9.15. The van der Waals surface area contributed by atoms with E-state index in [4.69, 9.17) is 32.7 Å². The zero-order valence-electron chi connectivity index (χ0n) is 14.4. The number of halogens is 2. The van der Waals surface area contributed by atoms with E-state index in [2.05, 4.69) is 19.2 Å². The molecular formula is C18H23Cl2NO4. The molecule has 0 heterocycles. The van der Waals surface area contributed by atoms with Gasteiger partial charge in [0.1, 0.15) is 5.75 Å². The Bertz CT molecular complexity index is 623. The molecule has 0 aromatic heterocycles. The van der Waals surface area contributed by atoms with Gasteiger partial charge in [-0.3, -0.25) is 4.79 Å². The molecule has 1 aromatic carbocycles. The van der Waals surface area contributed by atoms with E-state index in [1.807, 2.05) is 0 Å². The van der Waals surface area contributed by atoms with E-state index in [0.717, 1.165) is 12.8 Å². The molecule has 0 radical (unpaired) electrons. The van der Waals surface area contributed by atoms with Gasteiger partial charge in [0.2, 0.25) is 0 Å². The summed E-state index contributed by atoms with van der Waals surface area (Å²) in [6.07, 6.45) is 3.25. The molecule has 1 saturated carbocycles. The monoisotopic (exact) mass is 387 g/mol. The second kappa shape index (κ2) is 9.30. The van der Waals surface area contributed by atoms with Gasteiger partial charge >= 0.3 is 5.97 Å². The Morgan fingerprint density at radius 1 is 1.20 bits per heavy atom. The SMILES string of the molecule is C[C@H]1[C@@H](NC(=O)COC(=O)COc2ccc(Cl)cc2Cl)CCC[C@@H]1C. The van der Waals surface area contributed by atoms with Crippen molar-refractivity contribution in [1.82, 2.24) is 5.32 Å². The first-order valence-electron chi connectivity index (χ1n) is 8.39. The lowest BCUT2D eigenvalue weighted by atomic mass is 9.78. The molecule has 138 valence electrons. The summed E-state index contributed by atoms with van der Waals surface area (Å²) in [5, 5.41) is 3.73. The van der Waals surface area contributed by atoms with E-state index >= 15 is 0 Å². The summed E-state index contributed by atoms with van der Waals surface area (Å²) in [6.45, 7) is 3.70. The van der Waals surface area contributed by atoms with Crippen LogP contribution in [0.5, 0.6) is 5.75 Å². The standard InChI is InChI=1S/C18H23Cl2NO4/c1-11-4-3-5-15(12(11)2)21-17(22)9-25-18(23)10-24-16-7-6-13(19)8-14(16)20/h6-8,11-12,15H,3-5,9-10H2,1-2H3,(H,21,22)/t11-,12+,15-/m0/s1. The van der Waals surface area contributed by atoms with Crippen LogP contribution in [0.2, 0.25) is 10.0 Å². The Kier molecular flexibility index (Phi) is 7.38. The largest absolute Gasteiger partial charge is 0.480 e. The van der Waals surface area contributed by atoms with Gasteiger partial charge in [-0.15, -0.1) is 0 Å². The fraction of sp³-hybridized carbons (Fsp3) is 0.556. The van der Waals surface area contributed by atoms with Gasteiger partial charge in [-0.05, 0) is 36.5 Å². The molecule has 3 atom stereocenters. The van der Waals surface area contributed by atoms with Gasteiger partial charge in [0.25, 0.3) is 5.91 Å². The highest BCUT2D eigenvalue weighted by Gasteiger charge is 2.28. The molecule has 0 spiro atoms. The molecule has 1 aromatic rings. The van der Waals surface area contributed by atoms with Gasteiger partial charge in [-0.1, -0.05) is 49.9 Å². The van der Waals surface area contributed by atoms with Crippen LogP contribution in [0.4, 0.5) is 0 Å². The molecule has 0 saturated heterocycles. The Morgan fingerprint density at radius 2 is 1.96 bits per heavy atom. The number of rotatable bonds is 6. The van der Waals surface area contributed by atoms with Gasteiger partial charge in [0.15, 0.2) is 13.2 Å². The van der Waals surface area contributed by atoms with Crippen molar-refractivity contribution in [3.8, 4) is 5.75 Å². The van der Waals surface area contributed by atoms with E-state index in [1.165, 1.54) is 12.5 Å². The second-order valence-electron chi connectivity index (χ2n) is 6.47. The van der Waals surface area contributed by atoms with Crippen LogP contribution < -0.4 is 10.1 Å². The number of hydrogen-bond donors (Lipinski definition) is 1. The number of nitrogens with one attached hydrogen (secondary N) is 1. The van der Waals surface area contributed by atoms with Crippen molar-refractivity contribution in [2.75, 3.05) is 13.2 Å². The van der Waals surface area contributed by atoms with E-state index in [-0.39, 0.29) is 25.2 Å². The third kappa shape index (κ3) is 6.08. The molecular weight excluding hydrogens is 365 g/mol. The third-order valence-electron chi connectivity index (χ3n) is 4.66. The van der Waals surface area contributed by atoms with Crippen molar-refractivity contribution in [3.63, 3.8) is 0 Å². The number of amides is 1. The summed E-state index contributed by atoms with van der Waals surface area (Å²) in [5.74, 6) is 0.412. The van der Waals surface area contributed by atoms with Gasteiger partial charge in [0, 0.05) is 11.1 Å². The minimum Gasteiger partial charge on any atom is -0.480 e. The molecule has 7 heteroatoms. The van der Waals surface area contributed by atoms with Crippen molar-refractivity contribution in [2.24, 2.45) is 11.8 Å². The normalized spacial score (nSPS) is 23.0. The zero-order chi connectivity index (χ0) is 18.4. The molecule has 0 unspecified atom stereocenters. The predicted molar refractivity (Wildman–Crippen MR) is 97.0 cm³/mol. The number of ether oxygens (including phenoxy) is 2. The highest BCUT2D eigenvalue weighted by Crippen LogP contribution is 2.29. The molecule has 1 aliphatic rings. The minimum absolute atomic E-state index is 0.138. The Morgan fingerprint density at radius 3 is 2.68 bits per heavy atom. The number of carbonyl (C=O) groups is 2. The molecule has 1 N–H and O–H groups in total. The number of carbonyl (C=O) groups excluding carboxylic acids is 2. The molecule has 1 amide bonds. The molecule has 5 nitrogen and oxygen atoms in total. The Labute approximate surface area is 158 Å². The fourth-order valence-corrected chi connectivity index (χ4v) is 3.41. The average Bonchev–Trinajstić information content (AvgIpc) is 2.56. The maximum absolute atomic E-state index is 12.0. The molecule has 1 aliphatic carbocycles. The summed E-state index contributed by atoms with van der Waals surface area (Å²) in [7, 11) is 0. The summed E-state index contributed by atoms with van der Waals surface area (Å²) < 4.78 is 10.2. The van der Waals surface area contributed by atoms with E-state index < -0.39 is 5.97 Å². The topological polar surface area (TPSA) is 64.6 Å². The minimum atomic E-state index is -0.633. The van der Waals surface area contributed by atoms with Crippen LogP contribution >= 0.6 is 23.2 Å². The molecule has 25 heavy (non-hydrogen) atoms. The summed E-state index contributed by atoms with van der Waals surface area (Å²) >= 11 is 11.7. The van der Waals surface area contributed by atoms with Crippen LogP contribution in [0, 0.1) is 11.8 Å². The number of benzene rings is 1. The molecule has 0 bridgehead atoms. The zero-order valence-corrected chi connectivity index (χ0v) is 15.9. The number of esters is 1. The van der Waals surface area contributed by atoms with Crippen LogP contribution in [0.3, 0.4) is 0 Å². The molecule has 2 rings (SSSR count). The maximum atomic E-state index is 12.0. The molecule has 1 fully saturated rings. The fourth-order valence-electron chi connectivity index (χ4n) is 2.95. The van der Waals surface area contributed by atoms with Gasteiger partial charge in [-0.2, -0.15) is 0 Å². The highest BCUT2D eigenvalue weighted by molar-refractivity contribution is 6.35. The van der Waals surface area contributed by atoms with E-state index in [9.17, 15) is 9.59 Å². The maximum Gasteiger partial charge on any atom is 0.344 e.